The zero-order valence-corrected chi connectivity index (χ0v) is 17.3. The third-order valence-electron chi connectivity index (χ3n) is 3.76. The number of halogens is 1. The second-order valence-electron chi connectivity index (χ2n) is 5.60. The van der Waals surface area contributed by atoms with Gasteiger partial charge in [0.25, 0.3) is 11.8 Å². The second kappa shape index (κ2) is 8.46. The third kappa shape index (κ3) is 4.03. The molecule has 28 heavy (non-hydrogen) atoms. The molecular weight excluding hydrogens is 479 g/mol. The maximum absolute atomic E-state index is 13.0. The smallest absolute Gasteiger partial charge is 0.336 e. The van der Waals surface area contributed by atoms with Gasteiger partial charge in [-0.3, -0.25) is 14.9 Å². The number of nitrogens with one attached hydrogen (secondary N) is 1. The summed E-state index contributed by atoms with van der Waals surface area (Å²) in [6, 6.07) is 7.26. The summed E-state index contributed by atoms with van der Waals surface area (Å²) in [4.78, 5) is 38.6. The molecule has 1 aromatic heterocycles. The molecule has 1 N–H and O–H groups in total. The van der Waals surface area contributed by atoms with Crippen LogP contribution in [0.1, 0.15) is 19.6 Å². The van der Waals surface area contributed by atoms with E-state index in [1.54, 1.807) is 31.2 Å². The van der Waals surface area contributed by atoms with Gasteiger partial charge in [-0.2, -0.15) is 0 Å². The van der Waals surface area contributed by atoms with E-state index < -0.39 is 17.8 Å². The molecular formula is C19H17IN2O6. The maximum atomic E-state index is 13.0. The van der Waals surface area contributed by atoms with Crippen LogP contribution >= 0.6 is 22.6 Å². The van der Waals surface area contributed by atoms with E-state index in [4.69, 9.17) is 13.9 Å². The number of anilines is 1. The Morgan fingerprint density at radius 2 is 1.86 bits per heavy atom. The number of hydrogen-bond donors (Lipinski definition) is 1. The Labute approximate surface area is 174 Å². The first kappa shape index (κ1) is 19.9. The number of urea groups is 1. The molecule has 0 radical (unpaired) electrons. The van der Waals surface area contributed by atoms with Gasteiger partial charge in [0.05, 0.1) is 18.9 Å². The Morgan fingerprint density at radius 3 is 2.50 bits per heavy atom. The van der Waals surface area contributed by atoms with Crippen LogP contribution in [-0.4, -0.2) is 31.1 Å². The number of carbonyl (C=O) groups is 3. The lowest BCUT2D eigenvalue weighted by Gasteiger charge is -2.28. The average Bonchev–Trinajstić information content (AvgIpc) is 3.06. The number of furan rings is 1. The number of amides is 4. The van der Waals surface area contributed by atoms with Gasteiger partial charge < -0.3 is 13.9 Å². The number of barbiturate groups is 1. The van der Waals surface area contributed by atoms with Gasteiger partial charge >= 0.3 is 6.03 Å². The minimum atomic E-state index is -0.865. The van der Waals surface area contributed by atoms with E-state index in [0.717, 1.165) is 4.90 Å². The van der Waals surface area contributed by atoms with Crippen LogP contribution in [0.2, 0.25) is 0 Å². The number of ether oxygens (including phenoxy) is 2. The second-order valence-corrected chi connectivity index (χ2v) is 6.66. The molecule has 146 valence electrons. The zero-order valence-electron chi connectivity index (χ0n) is 15.2. The molecule has 1 saturated heterocycles. The monoisotopic (exact) mass is 496 g/mol. The van der Waals surface area contributed by atoms with Crippen molar-refractivity contribution in [3.63, 3.8) is 0 Å². The normalized spacial score (nSPS) is 15.8. The van der Waals surface area contributed by atoms with E-state index in [1.807, 2.05) is 29.5 Å². The van der Waals surface area contributed by atoms with Crippen LogP contribution in [0.5, 0.6) is 11.5 Å². The van der Waals surface area contributed by atoms with Gasteiger partial charge in [0.2, 0.25) is 0 Å². The highest BCUT2D eigenvalue weighted by atomic mass is 127. The van der Waals surface area contributed by atoms with Crippen molar-refractivity contribution in [1.82, 2.24) is 5.32 Å². The van der Waals surface area contributed by atoms with Gasteiger partial charge in [-0.15, -0.1) is 0 Å². The Balaban J connectivity index is 2.06. The molecule has 0 spiro atoms. The van der Waals surface area contributed by atoms with Gasteiger partial charge in [0.15, 0.2) is 3.77 Å². The molecule has 1 fully saturated rings. The summed E-state index contributed by atoms with van der Waals surface area (Å²) in [6.45, 7) is 4.34. The van der Waals surface area contributed by atoms with E-state index in [9.17, 15) is 14.4 Å². The number of carbonyl (C=O) groups excluding carboxylic acids is 3. The van der Waals surface area contributed by atoms with Crippen LogP contribution in [0.15, 0.2) is 40.3 Å². The number of nitrogens with zero attached hydrogens (tertiary/aromatic N) is 1. The zero-order chi connectivity index (χ0) is 20.3. The van der Waals surface area contributed by atoms with Gasteiger partial charge in [-0.1, -0.05) is 0 Å². The van der Waals surface area contributed by atoms with Crippen molar-refractivity contribution in [3.05, 3.63) is 45.4 Å². The van der Waals surface area contributed by atoms with E-state index in [1.165, 1.54) is 12.1 Å². The highest BCUT2D eigenvalue weighted by Crippen LogP contribution is 2.35. The SMILES string of the molecule is CCOc1ccc(OCC)c(N2C(=O)NC(=O)/C(=C\c3ccc(I)o3)C2=O)c1. The highest BCUT2D eigenvalue weighted by Gasteiger charge is 2.38. The molecule has 0 aliphatic carbocycles. The summed E-state index contributed by atoms with van der Waals surface area (Å²) in [5.41, 5.74) is -0.0441. The summed E-state index contributed by atoms with van der Waals surface area (Å²) in [5.74, 6) is -0.475. The van der Waals surface area contributed by atoms with Crippen molar-refractivity contribution in [3.8, 4) is 11.5 Å². The summed E-state index contributed by atoms with van der Waals surface area (Å²) >= 11 is 1.97. The molecule has 0 saturated carbocycles. The Kier molecular flexibility index (Phi) is 6.02. The van der Waals surface area contributed by atoms with Crippen molar-refractivity contribution in [1.29, 1.82) is 0 Å². The summed E-state index contributed by atoms with van der Waals surface area (Å²) in [5, 5.41) is 2.18. The average molecular weight is 496 g/mol. The topological polar surface area (TPSA) is 98.1 Å². The van der Waals surface area contributed by atoms with E-state index >= 15 is 0 Å². The molecule has 1 aliphatic rings. The predicted octanol–water partition coefficient (Wildman–Crippen LogP) is 3.35. The van der Waals surface area contributed by atoms with Crippen molar-refractivity contribution in [2.75, 3.05) is 18.1 Å². The van der Waals surface area contributed by atoms with Crippen LogP contribution in [0, 0.1) is 3.77 Å². The molecule has 1 aromatic carbocycles. The van der Waals surface area contributed by atoms with Crippen molar-refractivity contribution >= 4 is 52.2 Å². The fourth-order valence-corrected chi connectivity index (χ4v) is 3.06. The molecule has 2 aromatic rings. The molecule has 9 heteroatoms. The molecule has 0 atom stereocenters. The third-order valence-corrected chi connectivity index (χ3v) is 4.34. The van der Waals surface area contributed by atoms with Crippen molar-refractivity contribution in [2.24, 2.45) is 0 Å². The molecule has 1 aliphatic heterocycles. The molecule has 4 amide bonds. The van der Waals surface area contributed by atoms with E-state index in [0.29, 0.717) is 34.2 Å². The van der Waals surface area contributed by atoms with Gasteiger partial charge in [-0.05, 0) is 66.8 Å². The first-order chi connectivity index (χ1) is 13.4. The molecule has 0 bridgehead atoms. The maximum Gasteiger partial charge on any atom is 0.336 e. The first-order valence-corrected chi connectivity index (χ1v) is 9.59. The Hall–Kier alpha value is -2.82. The van der Waals surface area contributed by atoms with Crippen molar-refractivity contribution in [2.45, 2.75) is 13.8 Å². The Morgan fingerprint density at radius 1 is 1.11 bits per heavy atom. The number of rotatable bonds is 6. The fraction of sp³-hybridized carbons (Fsp3) is 0.211. The fourth-order valence-electron chi connectivity index (χ4n) is 2.63. The lowest BCUT2D eigenvalue weighted by atomic mass is 10.1. The van der Waals surface area contributed by atoms with E-state index in [-0.39, 0.29) is 11.3 Å². The lowest BCUT2D eigenvalue weighted by Crippen LogP contribution is -2.54. The van der Waals surface area contributed by atoms with Crippen LogP contribution in [-0.2, 0) is 9.59 Å². The summed E-state index contributed by atoms with van der Waals surface area (Å²) < 4.78 is 17.0. The number of benzene rings is 1. The first-order valence-electron chi connectivity index (χ1n) is 8.51. The standard InChI is InChI=1S/C19H17IN2O6/c1-3-26-11-5-7-15(27-4-2)14(10-11)22-18(24)13(17(23)21-19(22)25)9-12-6-8-16(20)28-12/h5-10H,3-4H2,1-2H3,(H,21,23,25)/b13-9+. The van der Waals surface area contributed by atoms with E-state index in [2.05, 4.69) is 5.32 Å². The Bertz CT molecular complexity index is 965. The number of imide groups is 2. The van der Waals surface area contributed by atoms with Crippen LogP contribution < -0.4 is 19.7 Å². The summed E-state index contributed by atoms with van der Waals surface area (Å²) in [6.07, 6.45) is 1.30. The minimum absolute atomic E-state index is 0.183. The largest absolute Gasteiger partial charge is 0.494 e. The quantitative estimate of drug-likeness (QED) is 0.375. The van der Waals surface area contributed by atoms with Crippen LogP contribution in [0.3, 0.4) is 0 Å². The van der Waals surface area contributed by atoms with Gasteiger partial charge in [-0.25, -0.2) is 9.69 Å². The molecule has 2 heterocycles. The predicted molar refractivity (Wildman–Crippen MR) is 109 cm³/mol. The van der Waals surface area contributed by atoms with Crippen molar-refractivity contribution < 1.29 is 28.3 Å². The summed E-state index contributed by atoms with van der Waals surface area (Å²) in [7, 11) is 0. The van der Waals surface area contributed by atoms with Crippen LogP contribution in [0.4, 0.5) is 10.5 Å². The molecule has 3 rings (SSSR count). The lowest BCUT2D eigenvalue weighted by molar-refractivity contribution is -0.122. The molecule has 8 nitrogen and oxygen atoms in total. The van der Waals surface area contributed by atoms with Crippen LogP contribution in [0.25, 0.3) is 6.08 Å². The number of hydrogen-bond acceptors (Lipinski definition) is 6. The highest BCUT2D eigenvalue weighted by molar-refractivity contribution is 14.1. The minimum Gasteiger partial charge on any atom is -0.494 e. The molecule has 0 unspecified atom stereocenters. The van der Waals surface area contributed by atoms with Gasteiger partial charge in [0, 0.05) is 6.07 Å². The van der Waals surface area contributed by atoms with Gasteiger partial charge in [0.1, 0.15) is 22.8 Å².